The molecule has 1 unspecified atom stereocenters. The van der Waals surface area contributed by atoms with Gasteiger partial charge < -0.3 is 30.2 Å². The number of nitrogens with one attached hydrogen (secondary N) is 4. The highest BCUT2D eigenvalue weighted by Crippen LogP contribution is 2.41. The zero-order chi connectivity index (χ0) is 42.9. The molecule has 16 heteroatoms. The van der Waals surface area contributed by atoms with Crippen LogP contribution in [-0.4, -0.2) is 88.9 Å². The van der Waals surface area contributed by atoms with E-state index in [4.69, 9.17) is 19.2 Å². The molecule has 0 bridgehead atoms. The lowest BCUT2D eigenvalue weighted by Crippen LogP contribution is -2.44. The van der Waals surface area contributed by atoms with Crippen molar-refractivity contribution in [1.82, 2.24) is 30.1 Å². The molecule has 3 aromatic heterocycles. The van der Waals surface area contributed by atoms with Crippen molar-refractivity contribution in [1.29, 1.82) is 0 Å². The van der Waals surface area contributed by atoms with E-state index in [0.29, 0.717) is 42.1 Å². The van der Waals surface area contributed by atoms with Gasteiger partial charge in [-0.1, -0.05) is 18.2 Å². The quantitative estimate of drug-likeness (QED) is 0.0870. The molecule has 322 valence electrons. The minimum Gasteiger partial charge on any atom is -0.490 e. The first-order chi connectivity index (χ1) is 30.1. The predicted octanol–water partition coefficient (Wildman–Crippen LogP) is 5.37. The van der Waals surface area contributed by atoms with Gasteiger partial charge in [-0.2, -0.15) is 0 Å². The van der Waals surface area contributed by atoms with Gasteiger partial charge in [0, 0.05) is 53.1 Å². The number of nitrogens with zero attached hydrogens (tertiary/aromatic N) is 3. The minimum atomic E-state index is -0.723. The number of thiophene rings is 1. The maximum absolute atomic E-state index is 13.0. The fourth-order valence-electron chi connectivity index (χ4n) is 8.77. The number of anilines is 1. The summed E-state index contributed by atoms with van der Waals surface area (Å²) < 4.78 is 21.8. The number of piperidine rings is 1. The molecule has 62 heavy (non-hydrogen) atoms. The summed E-state index contributed by atoms with van der Waals surface area (Å²) in [5.41, 5.74) is 5.56. The zero-order valence-electron chi connectivity index (χ0n) is 34.7. The van der Waals surface area contributed by atoms with Crippen molar-refractivity contribution in [3.8, 4) is 17.0 Å². The van der Waals surface area contributed by atoms with Crippen LogP contribution in [0.3, 0.4) is 0 Å². The predicted molar refractivity (Wildman–Crippen MR) is 237 cm³/mol. The lowest BCUT2D eigenvalue weighted by atomic mass is 9.93. The highest BCUT2D eigenvalue weighted by molar-refractivity contribution is 7.21. The fraction of sp³-hybridized carbons (Fsp3) is 0.391. The summed E-state index contributed by atoms with van der Waals surface area (Å²) in [6, 6.07) is 21.2. The molecule has 15 nitrogen and oxygen atoms in total. The second-order valence-corrected chi connectivity index (χ2v) is 17.4. The maximum Gasteiger partial charge on any atom is 0.329 e. The van der Waals surface area contributed by atoms with Crippen LogP contribution >= 0.6 is 11.3 Å². The lowest BCUT2D eigenvalue weighted by molar-refractivity contribution is -0.135. The molecule has 4 N–H and O–H groups in total. The van der Waals surface area contributed by atoms with E-state index in [0.717, 1.165) is 74.9 Å². The van der Waals surface area contributed by atoms with E-state index in [1.54, 1.807) is 7.05 Å². The summed E-state index contributed by atoms with van der Waals surface area (Å²) in [6.45, 7) is 3.65. The Morgan fingerprint density at radius 3 is 2.60 bits per heavy atom. The van der Waals surface area contributed by atoms with Crippen molar-refractivity contribution in [2.45, 2.75) is 76.1 Å². The van der Waals surface area contributed by atoms with Crippen molar-refractivity contribution < 1.29 is 33.4 Å². The Bertz CT molecular complexity index is 2770. The topological polar surface area (TPSA) is 184 Å². The van der Waals surface area contributed by atoms with E-state index in [2.05, 4.69) is 27.3 Å². The number of imide groups is 1. The summed E-state index contributed by atoms with van der Waals surface area (Å²) in [5.74, 6) is -0.198. The Kier molecular flexibility index (Phi) is 11.8. The Morgan fingerprint density at radius 1 is 0.919 bits per heavy atom. The van der Waals surface area contributed by atoms with Crippen LogP contribution < -0.4 is 31.7 Å². The van der Waals surface area contributed by atoms with Crippen LogP contribution in [0.1, 0.15) is 66.7 Å². The number of carbonyl (C=O) groups is 4. The Morgan fingerprint density at radius 2 is 1.76 bits per heavy atom. The number of amides is 4. The fourth-order valence-corrected chi connectivity index (χ4v) is 9.87. The third kappa shape index (κ3) is 8.54. The molecular formula is C46H49N7O8S. The van der Waals surface area contributed by atoms with Crippen molar-refractivity contribution in [3.63, 3.8) is 0 Å². The third-order valence-corrected chi connectivity index (χ3v) is 13.1. The number of hydrogen-bond donors (Lipinski definition) is 4. The van der Waals surface area contributed by atoms with Crippen LogP contribution in [0.25, 0.3) is 43.3 Å². The number of aromatic nitrogens is 3. The molecule has 0 spiro atoms. The van der Waals surface area contributed by atoms with E-state index in [-0.39, 0.29) is 67.7 Å². The molecule has 2 aliphatic heterocycles. The maximum atomic E-state index is 13.0. The van der Waals surface area contributed by atoms with Crippen molar-refractivity contribution >= 4 is 72.7 Å². The minimum absolute atomic E-state index is 0.0404. The van der Waals surface area contributed by atoms with E-state index < -0.39 is 11.9 Å². The van der Waals surface area contributed by atoms with Gasteiger partial charge in [0.05, 0.1) is 53.9 Å². The van der Waals surface area contributed by atoms with Crippen LogP contribution in [0.2, 0.25) is 0 Å². The molecule has 9 rings (SSSR count). The van der Waals surface area contributed by atoms with Gasteiger partial charge in [-0.15, -0.1) is 11.3 Å². The molecule has 2 fully saturated rings. The molecule has 5 heterocycles. The number of benzene rings is 3. The Labute approximate surface area is 361 Å². The number of carbonyl (C=O) groups excluding carboxylic acids is 4. The molecule has 1 aliphatic carbocycles. The SMILES string of the molecule is C[C@@H]1CNc2c(sc3ccc4nc(-c5cccc(OC6CCC(NC(=O)COCCOCCc7ccc8c(c7)n(C)c(=O)n8C7CCC(=O)NC7=O)CC6)c5)ccc4c23)C(=O)N1. The molecule has 6 aromatic rings. The number of ether oxygens (including phenoxy) is 3. The third-order valence-electron chi connectivity index (χ3n) is 12.0. The molecule has 1 saturated carbocycles. The molecule has 1 saturated heterocycles. The molecule has 3 aromatic carbocycles. The molecule has 0 radical (unpaired) electrons. The number of pyridine rings is 1. The van der Waals surface area contributed by atoms with Gasteiger partial charge in [-0.25, -0.2) is 9.78 Å². The smallest absolute Gasteiger partial charge is 0.329 e. The van der Waals surface area contributed by atoms with Gasteiger partial charge >= 0.3 is 5.69 Å². The van der Waals surface area contributed by atoms with Crippen LogP contribution in [0, 0.1) is 0 Å². The largest absolute Gasteiger partial charge is 0.490 e. The summed E-state index contributed by atoms with van der Waals surface area (Å²) >= 11 is 1.50. The summed E-state index contributed by atoms with van der Waals surface area (Å²) in [6.07, 6.45) is 4.38. The zero-order valence-corrected chi connectivity index (χ0v) is 35.5. The monoisotopic (exact) mass is 859 g/mol. The summed E-state index contributed by atoms with van der Waals surface area (Å²) in [5, 5.41) is 14.0. The first kappa shape index (κ1) is 41.3. The molecule has 2 atom stereocenters. The van der Waals surface area contributed by atoms with Gasteiger partial charge in [0.1, 0.15) is 23.3 Å². The van der Waals surface area contributed by atoms with E-state index in [1.165, 1.54) is 20.5 Å². The number of fused-ring (bicyclic) bond motifs is 6. The van der Waals surface area contributed by atoms with Crippen molar-refractivity contribution in [3.05, 3.63) is 87.7 Å². The van der Waals surface area contributed by atoms with Gasteiger partial charge in [-0.3, -0.25) is 33.6 Å². The normalized spacial score (nSPS) is 20.4. The Hall–Kier alpha value is -6.10. The standard InChI is InChI=1S/C46H49N7O8S/c1-26-24-47-42-41-32-11-12-33(50-34(32)13-16-38(41)62-43(42)45(57)48-26)28-4-3-5-31(23-28)61-30-9-7-29(8-10-30)49-40(55)25-60-21-20-59-19-18-27-6-14-35-37(22-27)52(2)46(58)53(35)36-15-17-39(54)51-44(36)56/h3-6,11-14,16,22-23,26,29-30,36,47H,7-10,15,17-21,24-25H2,1-2H3,(H,48,57)(H,49,55)(H,51,54,56)/t26-,29?,30?,36?/m1/s1. The average Bonchev–Trinajstić information content (AvgIpc) is 3.72. The number of aryl methyl sites for hydroxylation is 1. The lowest BCUT2D eigenvalue weighted by Gasteiger charge is -2.29. The van der Waals surface area contributed by atoms with Crippen molar-refractivity contribution in [2.24, 2.45) is 7.05 Å². The molecule has 4 amide bonds. The van der Waals surface area contributed by atoms with Crippen LogP contribution in [0.4, 0.5) is 5.69 Å². The van der Waals surface area contributed by atoms with Gasteiger partial charge in [0.25, 0.3) is 5.91 Å². The highest BCUT2D eigenvalue weighted by Gasteiger charge is 2.31. The summed E-state index contributed by atoms with van der Waals surface area (Å²) in [7, 11) is 1.67. The highest BCUT2D eigenvalue weighted by atomic mass is 32.1. The number of imidazole rings is 1. The Balaban J connectivity index is 0.697. The van der Waals surface area contributed by atoms with Crippen LogP contribution in [0.5, 0.6) is 5.75 Å². The summed E-state index contributed by atoms with van der Waals surface area (Å²) in [4.78, 5) is 68.4. The van der Waals surface area contributed by atoms with Gasteiger partial charge in [0.2, 0.25) is 17.7 Å². The second kappa shape index (κ2) is 17.7. The van der Waals surface area contributed by atoms with Gasteiger partial charge in [-0.05, 0) is 99.5 Å². The van der Waals surface area contributed by atoms with Crippen LogP contribution in [0.15, 0.2) is 71.5 Å². The van der Waals surface area contributed by atoms with Crippen molar-refractivity contribution in [2.75, 3.05) is 38.3 Å². The number of rotatable bonds is 13. The second-order valence-electron chi connectivity index (χ2n) is 16.4. The molecule has 3 aliphatic rings. The van der Waals surface area contributed by atoms with E-state index >= 15 is 0 Å². The first-order valence-corrected chi connectivity index (χ1v) is 22.1. The van der Waals surface area contributed by atoms with Crippen LogP contribution in [-0.2, 0) is 37.3 Å². The van der Waals surface area contributed by atoms with E-state index in [1.807, 2.05) is 67.6 Å². The average molecular weight is 860 g/mol. The molecular weight excluding hydrogens is 811 g/mol. The first-order valence-electron chi connectivity index (χ1n) is 21.3. The van der Waals surface area contributed by atoms with E-state index in [9.17, 15) is 24.0 Å². The van der Waals surface area contributed by atoms with Gasteiger partial charge in [0.15, 0.2) is 0 Å². The number of hydrogen-bond acceptors (Lipinski definition) is 11.